The van der Waals surface area contributed by atoms with Gasteiger partial charge in [0.2, 0.25) is 5.95 Å². The van der Waals surface area contributed by atoms with E-state index >= 15 is 0 Å². The van der Waals surface area contributed by atoms with E-state index in [1.165, 1.54) is 87.3 Å². The Morgan fingerprint density at radius 1 is 0.625 bits per heavy atom. The molecule has 3 nitrogen and oxygen atoms in total. The molecule has 172 valence electrons. The minimum atomic E-state index is 0.621. The van der Waals surface area contributed by atoms with Crippen LogP contribution >= 0.6 is 0 Å². The second kappa shape index (κ2) is 13.8. The minimum Gasteiger partial charge on any atom is -0.369 e. The number of rotatable bonds is 15. The van der Waals surface area contributed by atoms with Gasteiger partial charge in [-0.2, -0.15) is 0 Å². The summed E-state index contributed by atoms with van der Waals surface area (Å²) >= 11 is 0. The van der Waals surface area contributed by atoms with Crippen molar-refractivity contribution in [2.45, 2.75) is 90.5 Å². The van der Waals surface area contributed by atoms with Crippen molar-refractivity contribution in [2.75, 3.05) is 5.73 Å². The molecule has 0 aliphatic heterocycles. The summed E-state index contributed by atoms with van der Waals surface area (Å²) in [6.07, 6.45) is 18.3. The van der Waals surface area contributed by atoms with Gasteiger partial charge in [-0.05, 0) is 23.1 Å². The molecule has 0 aliphatic carbocycles. The van der Waals surface area contributed by atoms with Crippen LogP contribution in [0.4, 0.5) is 5.95 Å². The Hall–Kier alpha value is -2.55. The number of hydrogen-bond acceptors (Lipinski definition) is 2. The molecule has 0 fully saturated rings. The molecule has 0 amide bonds. The molecule has 3 aromatic rings. The molecule has 0 aliphatic rings. The molecule has 32 heavy (non-hydrogen) atoms. The van der Waals surface area contributed by atoms with Crippen molar-refractivity contribution in [1.82, 2.24) is 9.55 Å². The highest BCUT2D eigenvalue weighted by Crippen LogP contribution is 2.26. The van der Waals surface area contributed by atoms with E-state index in [2.05, 4.69) is 71.1 Å². The molecule has 2 aromatic carbocycles. The van der Waals surface area contributed by atoms with Crippen LogP contribution in [0.5, 0.6) is 0 Å². The lowest BCUT2D eigenvalue weighted by Gasteiger charge is -2.11. The third-order valence-electron chi connectivity index (χ3n) is 6.41. The molecule has 3 rings (SSSR count). The monoisotopic (exact) mass is 431 g/mol. The summed E-state index contributed by atoms with van der Waals surface area (Å²) < 4.78 is 2.17. The van der Waals surface area contributed by atoms with Crippen LogP contribution in [0.3, 0.4) is 0 Å². The van der Waals surface area contributed by atoms with Crippen LogP contribution in [0.1, 0.15) is 84.0 Å². The number of nitrogens with zero attached hydrogens (tertiary/aromatic N) is 2. The van der Waals surface area contributed by atoms with E-state index in [-0.39, 0.29) is 0 Å². The summed E-state index contributed by atoms with van der Waals surface area (Å²) in [5.41, 5.74) is 11.0. The number of imidazole rings is 1. The Morgan fingerprint density at radius 3 is 1.72 bits per heavy atom. The standard InChI is InChI=1S/C29H41N3/c1-2-3-4-5-6-7-8-9-10-11-12-16-23-32-28(24-31-29(32)30)27-21-19-26(20-22-27)25-17-14-13-15-18-25/h13-15,17-22,24H,2-12,16,23H2,1H3,(H2,30,31). The van der Waals surface area contributed by atoms with Crippen molar-refractivity contribution in [1.29, 1.82) is 0 Å². The Balaban J connectivity index is 1.39. The lowest BCUT2D eigenvalue weighted by molar-refractivity contribution is 0.530. The fourth-order valence-electron chi connectivity index (χ4n) is 4.43. The van der Waals surface area contributed by atoms with Crippen molar-refractivity contribution in [3.63, 3.8) is 0 Å². The van der Waals surface area contributed by atoms with E-state index in [0.29, 0.717) is 5.95 Å². The first-order valence-electron chi connectivity index (χ1n) is 12.8. The summed E-state index contributed by atoms with van der Waals surface area (Å²) in [6.45, 7) is 3.23. The van der Waals surface area contributed by atoms with Crippen LogP contribution in [0.25, 0.3) is 22.4 Å². The zero-order valence-electron chi connectivity index (χ0n) is 19.9. The summed E-state index contributed by atoms with van der Waals surface area (Å²) in [5.74, 6) is 0.621. The third-order valence-corrected chi connectivity index (χ3v) is 6.41. The quantitative estimate of drug-likeness (QED) is 0.245. The van der Waals surface area contributed by atoms with Gasteiger partial charge in [-0.15, -0.1) is 0 Å². The maximum Gasteiger partial charge on any atom is 0.200 e. The number of anilines is 1. The van der Waals surface area contributed by atoms with Gasteiger partial charge in [-0.1, -0.05) is 132 Å². The Bertz CT molecular complexity index is 881. The van der Waals surface area contributed by atoms with Gasteiger partial charge in [0.15, 0.2) is 0 Å². The highest BCUT2D eigenvalue weighted by molar-refractivity contribution is 5.69. The van der Waals surface area contributed by atoms with Crippen molar-refractivity contribution in [3.8, 4) is 22.4 Å². The maximum absolute atomic E-state index is 6.19. The van der Waals surface area contributed by atoms with Crippen molar-refractivity contribution < 1.29 is 0 Å². The lowest BCUT2D eigenvalue weighted by atomic mass is 10.0. The molecule has 0 atom stereocenters. The molecule has 2 N–H and O–H groups in total. The van der Waals surface area contributed by atoms with E-state index in [1.807, 2.05) is 6.20 Å². The van der Waals surface area contributed by atoms with Gasteiger partial charge in [0.25, 0.3) is 0 Å². The largest absolute Gasteiger partial charge is 0.369 e. The molecular weight excluding hydrogens is 390 g/mol. The molecule has 1 heterocycles. The Kier molecular flexibility index (Phi) is 10.4. The molecule has 3 heteroatoms. The SMILES string of the molecule is CCCCCCCCCCCCCCn1c(-c2ccc(-c3ccccc3)cc2)cnc1N. The maximum atomic E-state index is 6.19. The predicted octanol–water partition coefficient (Wildman–Crippen LogP) is 8.50. The Labute approximate surface area is 195 Å². The second-order valence-corrected chi connectivity index (χ2v) is 8.99. The van der Waals surface area contributed by atoms with E-state index in [9.17, 15) is 0 Å². The first-order valence-corrected chi connectivity index (χ1v) is 12.8. The lowest BCUT2D eigenvalue weighted by Crippen LogP contribution is -2.05. The smallest absolute Gasteiger partial charge is 0.200 e. The normalized spacial score (nSPS) is 11.2. The third kappa shape index (κ3) is 7.55. The molecule has 0 bridgehead atoms. The zero-order chi connectivity index (χ0) is 22.4. The predicted molar refractivity (Wildman–Crippen MR) is 139 cm³/mol. The molecule has 0 spiro atoms. The van der Waals surface area contributed by atoms with Gasteiger partial charge in [0.1, 0.15) is 0 Å². The van der Waals surface area contributed by atoms with Gasteiger partial charge < -0.3 is 10.3 Å². The number of hydrogen-bond donors (Lipinski definition) is 1. The summed E-state index contributed by atoms with van der Waals surface area (Å²) in [6, 6.07) is 19.2. The molecule has 0 saturated heterocycles. The highest BCUT2D eigenvalue weighted by atomic mass is 15.1. The minimum absolute atomic E-state index is 0.621. The second-order valence-electron chi connectivity index (χ2n) is 8.99. The van der Waals surface area contributed by atoms with Crippen molar-refractivity contribution in [3.05, 3.63) is 60.8 Å². The number of benzene rings is 2. The van der Waals surface area contributed by atoms with Gasteiger partial charge in [-0.25, -0.2) is 4.98 Å². The molecule has 0 saturated carbocycles. The number of unbranched alkanes of at least 4 members (excludes halogenated alkanes) is 11. The molecule has 1 aromatic heterocycles. The van der Waals surface area contributed by atoms with Gasteiger partial charge in [0, 0.05) is 6.54 Å². The van der Waals surface area contributed by atoms with E-state index in [0.717, 1.165) is 18.7 Å². The van der Waals surface area contributed by atoms with Crippen LogP contribution < -0.4 is 5.73 Å². The first-order chi connectivity index (χ1) is 15.8. The topological polar surface area (TPSA) is 43.8 Å². The zero-order valence-corrected chi connectivity index (χ0v) is 19.9. The average molecular weight is 432 g/mol. The van der Waals surface area contributed by atoms with Crippen LogP contribution in [-0.4, -0.2) is 9.55 Å². The Morgan fingerprint density at radius 2 is 1.12 bits per heavy atom. The van der Waals surface area contributed by atoms with Crippen molar-refractivity contribution >= 4 is 5.95 Å². The van der Waals surface area contributed by atoms with Crippen LogP contribution in [0.2, 0.25) is 0 Å². The fraction of sp³-hybridized carbons (Fsp3) is 0.483. The van der Waals surface area contributed by atoms with E-state index in [4.69, 9.17) is 5.73 Å². The first kappa shape index (κ1) is 24.1. The van der Waals surface area contributed by atoms with Crippen LogP contribution in [0, 0.1) is 0 Å². The summed E-state index contributed by atoms with van der Waals surface area (Å²) in [4.78, 5) is 4.39. The van der Waals surface area contributed by atoms with Gasteiger partial charge in [-0.3, -0.25) is 0 Å². The van der Waals surface area contributed by atoms with E-state index < -0.39 is 0 Å². The summed E-state index contributed by atoms with van der Waals surface area (Å²) in [7, 11) is 0. The summed E-state index contributed by atoms with van der Waals surface area (Å²) in [5, 5.41) is 0. The van der Waals surface area contributed by atoms with Gasteiger partial charge in [0.05, 0.1) is 11.9 Å². The number of nitrogen functional groups attached to an aromatic ring is 1. The fourth-order valence-corrected chi connectivity index (χ4v) is 4.43. The van der Waals surface area contributed by atoms with Crippen molar-refractivity contribution in [2.24, 2.45) is 0 Å². The van der Waals surface area contributed by atoms with Crippen LogP contribution in [-0.2, 0) is 6.54 Å². The highest BCUT2D eigenvalue weighted by Gasteiger charge is 2.09. The number of aromatic nitrogens is 2. The van der Waals surface area contributed by atoms with E-state index in [1.54, 1.807) is 0 Å². The average Bonchev–Trinajstić information content (AvgIpc) is 3.20. The molecular formula is C29H41N3. The molecule has 0 radical (unpaired) electrons. The van der Waals surface area contributed by atoms with Gasteiger partial charge >= 0.3 is 0 Å². The number of nitrogens with two attached hydrogens (primary N) is 1. The van der Waals surface area contributed by atoms with Crippen LogP contribution in [0.15, 0.2) is 60.8 Å². The molecule has 0 unspecified atom stereocenters.